The number of anilines is 1. The third-order valence-corrected chi connectivity index (χ3v) is 5.53. The molecule has 1 aliphatic rings. The van der Waals surface area contributed by atoms with Crippen LogP contribution < -0.4 is 5.32 Å². The van der Waals surface area contributed by atoms with E-state index >= 15 is 0 Å². The van der Waals surface area contributed by atoms with Gasteiger partial charge in [-0.15, -0.1) is 0 Å². The van der Waals surface area contributed by atoms with Crippen LogP contribution in [0.4, 0.5) is 5.69 Å². The van der Waals surface area contributed by atoms with Gasteiger partial charge in [0.25, 0.3) is 5.91 Å². The molecular weight excluding hydrogens is 388 g/mol. The number of nitrogens with zero attached hydrogens (tertiary/aromatic N) is 1. The van der Waals surface area contributed by atoms with E-state index in [1.54, 1.807) is 0 Å². The summed E-state index contributed by atoms with van der Waals surface area (Å²) in [7, 11) is 0. The number of furan rings is 1. The number of nitrogens with one attached hydrogen (secondary N) is 1. The molecule has 0 saturated carbocycles. The largest absolute Gasteiger partial charge is 0.461 e. The first kappa shape index (κ1) is 20.9. The van der Waals surface area contributed by atoms with E-state index in [0.29, 0.717) is 19.5 Å². The molecule has 2 amide bonds. The first-order chi connectivity index (χ1) is 14.7. The SMILES string of the molecule is Cc1cccc(C(=O)N2CCc3oc(-c4ccc(NC(=O)C(C)(C)C)cc4)cc3C2)c1. The van der Waals surface area contributed by atoms with Crippen LogP contribution in [-0.4, -0.2) is 23.3 Å². The van der Waals surface area contributed by atoms with Crippen molar-refractivity contribution in [2.45, 2.75) is 40.7 Å². The van der Waals surface area contributed by atoms with Gasteiger partial charge in [0, 0.05) is 47.3 Å². The van der Waals surface area contributed by atoms with Crippen LogP contribution in [0.15, 0.2) is 59.0 Å². The summed E-state index contributed by atoms with van der Waals surface area (Å²) in [4.78, 5) is 26.9. The lowest BCUT2D eigenvalue weighted by Crippen LogP contribution is -2.35. The molecule has 1 aromatic heterocycles. The Balaban J connectivity index is 1.48. The molecule has 1 aliphatic heterocycles. The number of hydrogen-bond donors (Lipinski definition) is 1. The number of fused-ring (bicyclic) bond motifs is 1. The molecule has 5 heteroatoms. The average molecular weight is 417 g/mol. The van der Waals surface area contributed by atoms with E-state index in [9.17, 15) is 9.59 Å². The highest BCUT2D eigenvalue weighted by Gasteiger charge is 2.25. The molecule has 0 fully saturated rings. The Labute approximate surface area is 183 Å². The van der Waals surface area contributed by atoms with Crippen LogP contribution in [-0.2, 0) is 17.8 Å². The predicted octanol–water partition coefficient (Wildman–Crippen LogP) is 5.44. The molecule has 5 nitrogen and oxygen atoms in total. The van der Waals surface area contributed by atoms with E-state index in [1.165, 1.54) is 0 Å². The van der Waals surface area contributed by atoms with Gasteiger partial charge in [0.2, 0.25) is 5.91 Å². The Bertz CT molecular complexity index is 1120. The topological polar surface area (TPSA) is 62.6 Å². The van der Waals surface area contributed by atoms with Gasteiger partial charge in [0.1, 0.15) is 11.5 Å². The van der Waals surface area contributed by atoms with Crippen molar-refractivity contribution in [1.82, 2.24) is 4.90 Å². The molecule has 0 atom stereocenters. The lowest BCUT2D eigenvalue weighted by atomic mass is 9.95. The van der Waals surface area contributed by atoms with Crippen molar-refractivity contribution in [1.29, 1.82) is 0 Å². The lowest BCUT2D eigenvalue weighted by molar-refractivity contribution is -0.123. The van der Waals surface area contributed by atoms with Crippen LogP contribution in [0.5, 0.6) is 0 Å². The second-order valence-corrected chi connectivity index (χ2v) is 9.19. The third kappa shape index (κ3) is 4.55. The van der Waals surface area contributed by atoms with Gasteiger partial charge in [-0.05, 0) is 49.4 Å². The van der Waals surface area contributed by atoms with Crippen LogP contribution in [0.2, 0.25) is 0 Å². The van der Waals surface area contributed by atoms with Gasteiger partial charge in [0.05, 0.1) is 0 Å². The fourth-order valence-electron chi connectivity index (χ4n) is 3.65. The molecule has 0 saturated heterocycles. The molecular formula is C26H28N2O3. The van der Waals surface area contributed by atoms with Crippen molar-refractivity contribution in [3.8, 4) is 11.3 Å². The van der Waals surface area contributed by atoms with E-state index in [4.69, 9.17) is 4.42 Å². The van der Waals surface area contributed by atoms with Gasteiger partial charge >= 0.3 is 0 Å². The van der Waals surface area contributed by atoms with Crippen LogP contribution in [0, 0.1) is 12.3 Å². The number of hydrogen-bond acceptors (Lipinski definition) is 3. The van der Waals surface area contributed by atoms with Crippen molar-refractivity contribution in [2.75, 3.05) is 11.9 Å². The van der Waals surface area contributed by atoms with E-state index in [-0.39, 0.29) is 11.8 Å². The Morgan fingerprint density at radius 3 is 2.45 bits per heavy atom. The van der Waals surface area contributed by atoms with Gasteiger partial charge in [-0.2, -0.15) is 0 Å². The zero-order chi connectivity index (χ0) is 22.2. The number of benzene rings is 2. The number of carbonyl (C=O) groups excluding carboxylic acids is 2. The second kappa shape index (κ2) is 8.06. The maximum atomic E-state index is 12.9. The van der Waals surface area contributed by atoms with Gasteiger partial charge in [0.15, 0.2) is 0 Å². The Hall–Kier alpha value is -3.34. The highest BCUT2D eigenvalue weighted by atomic mass is 16.3. The monoisotopic (exact) mass is 416 g/mol. The highest BCUT2D eigenvalue weighted by molar-refractivity contribution is 5.95. The minimum atomic E-state index is -0.444. The number of aryl methyl sites for hydroxylation is 1. The molecule has 0 aliphatic carbocycles. The lowest BCUT2D eigenvalue weighted by Gasteiger charge is -2.26. The first-order valence-corrected chi connectivity index (χ1v) is 10.6. The first-order valence-electron chi connectivity index (χ1n) is 10.6. The summed E-state index contributed by atoms with van der Waals surface area (Å²) in [5.74, 6) is 1.75. The van der Waals surface area contributed by atoms with E-state index in [2.05, 4.69) is 5.32 Å². The van der Waals surface area contributed by atoms with Crippen molar-refractivity contribution < 1.29 is 14.0 Å². The standard InChI is InChI=1S/C26H28N2O3/c1-17-6-5-7-19(14-17)24(29)28-13-12-22-20(16-28)15-23(31-22)18-8-10-21(11-9-18)27-25(30)26(2,3)4/h5-11,14-15H,12-13,16H2,1-4H3,(H,27,30). The predicted molar refractivity (Wildman–Crippen MR) is 122 cm³/mol. The molecule has 1 N–H and O–H groups in total. The molecule has 3 aromatic rings. The molecule has 160 valence electrons. The fourth-order valence-corrected chi connectivity index (χ4v) is 3.65. The summed E-state index contributed by atoms with van der Waals surface area (Å²) in [6, 6.07) is 17.4. The van der Waals surface area contributed by atoms with Crippen LogP contribution in [0.3, 0.4) is 0 Å². The Morgan fingerprint density at radius 2 is 1.77 bits per heavy atom. The van der Waals surface area contributed by atoms with Crippen molar-refractivity contribution in [3.63, 3.8) is 0 Å². The summed E-state index contributed by atoms with van der Waals surface area (Å²) in [5.41, 5.74) is 4.11. The van der Waals surface area contributed by atoms with Crippen LogP contribution in [0.1, 0.15) is 48.0 Å². The maximum Gasteiger partial charge on any atom is 0.254 e. The molecule has 4 rings (SSSR count). The van der Waals surface area contributed by atoms with Crippen LogP contribution in [0.25, 0.3) is 11.3 Å². The number of amides is 2. The van der Waals surface area contributed by atoms with Crippen LogP contribution >= 0.6 is 0 Å². The molecule has 0 unspecified atom stereocenters. The van der Waals surface area contributed by atoms with Gasteiger partial charge in [-0.1, -0.05) is 38.5 Å². The minimum absolute atomic E-state index is 0.0212. The van der Waals surface area contributed by atoms with E-state index in [1.807, 2.05) is 87.2 Å². The summed E-state index contributed by atoms with van der Waals surface area (Å²) >= 11 is 0. The molecule has 2 aromatic carbocycles. The quantitative estimate of drug-likeness (QED) is 0.619. The Morgan fingerprint density at radius 1 is 1.03 bits per heavy atom. The number of carbonyl (C=O) groups is 2. The summed E-state index contributed by atoms with van der Waals surface area (Å²) in [6.07, 6.45) is 0.701. The van der Waals surface area contributed by atoms with E-state index in [0.717, 1.165) is 39.5 Å². The normalized spacial score (nSPS) is 13.6. The molecule has 2 heterocycles. The molecule has 0 spiro atoms. The van der Waals surface area contributed by atoms with Gasteiger partial charge in [-0.25, -0.2) is 0 Å². The van der Waals surface area contributed by atoms with Gasteiger partial charge in [-0.3, -0.25) is 9.59 Å². The molecule has 31 heavy (non-hydrogen) atoms. The molecule has 0 bridgehead atoms. The second-order valence-electron chi connectivity index (χ2n) is 9.19. The average Bonchev–Trinajstić information content (AvgIpc) is 3.16. The zero-order valence-electron chi connectivity index (χ0n) is 18.5. The van der Waals surface area contributed by atoms with E-state index < -0.39 is 5.41 Å². The summed E-state index contributed by atoms with van der Waals surface area (Å²) < 4.78 is 6.09. The maximum absolute atomic E-state index is 12.9. The highest BCUT2D eigenvalue weighted by Crippen LogP contribution is 2.31. The smallest absolute Gasteiger partial charge is 0.254 e. The summed E-state index contributed by atoms with van der Waals surface area (Å²) in [5, 5.41) is 2.93. The number of rotatable bonds is 3. The van der Waals surface area contributed by atoms with Crippen molar-refractivity contribution >= 4 is 17.5 Å². The summed E-state index contributed by atoms with van der Waals surface area (Å²) in [6.45, 7) is 8.84. The fraction of sp³-hybridized carbons (Fsp3) is 0.308. The van der Waals surface area contributed by atoms with Gasteiger partial charge < -0.3 is 14.6 Å². The zero-order valence-corrected chi connectivity index (χ0v) is 18.5. The van der Waals surface area contributed by atoms with Crippen molar-refractivity contribution in [2.24, 2.45) is 5.41 Å². The minimum Gasteiger partial charge on any atom is -0.461 e. The Kier molecular flexibility index (Phi) is 5.44. The van der Waals surface area contributed by atoms with Crippen molar-refractivity contribution in [3.05, 3.63) is 77.0 Å². The molecule has 0 radical (unpaired) electrons. The third-order valence-electron chi connectivity index (χ3n) is 5.53.